The molecule has 1 saturated heterocycles. The molecule has 1 aromatic carbocycles. The highest BCUT2D eigenvalue weighted by Gasteiger charge is 2.18. The fraction of sp³-hybridized carbons (Fsp3) is 0.409. The van der Waals surface area contributed by atoms with Crippen molar-refractivity contribution in [2.45, 2.75) is 45.9 Å². The van der Waals surface area contributed by atoms with Gasteiger partial charge in [0.05, 0.1) is 18.2 Å². The minimum atomic E-state index is -0.640. The summed E-state index contributed by atoms with van der Waals surface area (Å²) in [4.78, 5) is 37.3. The number of nitrogens with one attached hydrogen (secondary N) is 1. The standard InChI is InChI=1S/C22H27ClN4O5/c1-3-26-20(24)19(21(29)27(4-2)22(26)30)25-18(28)8-6-14-5-7-17(16(23)13-14)32-15-9-11-31-12-10-15/h5-8,13,15H,3-4,9-12,24H2,1-2H3,(H,25,28)/b8-6+. The molecule has 3 rings (SSSR count). The van der Waals surface area contributed by atoms with Crippen molar-refractivity contribution in [2.24, 2.45) is 0 Å². The molecule has 1 aliphatic rings. The Kier molecular flexibility index (Phi) is 7.76. The summed E-state index contributed by atoms with van der Waals surface area (Å²) in [5, 5.41) is 2.93. The van der Waals surface area contributed by atoms with E-state index in [9.17, 15) is 14.4 Å². The van der Waals surface area contributed by atoms with Gasteiger partial charge in [-0.05, 0) is 37.6 Å². The zero-order valence-electron chi connectivity index (χ0n) is 18.1. The summed E-state index contributed by atoms with van der Waals surface area (Å²) < 4.78 is 13.5. The van der Waals surface area contributed by atoms with Gasteiger partial charge in [-0.15, -0.1) is 0 Å². The highest BCUT2D eigenvalue weighted by Crippen LogP contribution is 2.28. The number of carbonyl (C=O) groups is 1. The Morgan fingerprint density at radius 3 is 2.56 bits per heavy atom. The third kappa shape index (κ3) is 5.23. The molecule has 3 N–H and O–H groups in total. The first-order valence-electron chi connectivity index (χ1n) is 10.5. The van der Waals surface area contributed by atoms with E-state index in [1.54, 1.807) is 38.1 Å². The van der Waals surface area contributed by atoms with Gasteiger partial charge in [-0.1, -0.05) is 17.7 Å². The second kappa shape index (κ2) is 10.5. The van der Waals surface area contributed by atoms with E-state index in [4.69, 9.17) is 26.8 Å². The van der Waals surface area contributed by atoms with E-state index >= 15 is 0 Å². The quantitative estimate of drug-likeness (QED) is 0.610. The topological polar surface area (TPSA) is 118 Å². The third-order valence-electron chi connectivity index (χ3n) is 5.19. The molecule has 1 aromatic heterocycles. The van der Waals surface area contributed by atoms with E-state index in [0.717, 1.165) is 17.4 Å². The van der Waals surface area contributed by atoms with Gasteiger partial charge in [-0.2, -0.15) is 0 Å². The number of anilines is 2. The summed E-state index contributed by atoms with van der Waals surface area (Å²) >= 11 is 6.33. The molecular formula is C22H27ClN4O5. The molecule has 2 heterocycles. The fourth-order valence-electron chi connectivity index (χ4n) is 3.44. The molecule has 0 bridgehead atoms. The third-order valence-corrected chi connectivity index (χ3v) is 5.49. The average Bonchev–Trinajstić information content (AvgIpc) is 2.78. The zero-order chi connectivity index (χ0) is 23.3. The smallest absolute Gasteiger partial charge is 0.332 e. The first kappa shape index (κ1) is 23.6. The van der Waals surface area contributed by atoms with E-state index in [1.807, 2.05) is 0 Å². The van der Waals surface area contributed by atoms with Crippen LogP contribution in [0.4, 0.5) is 11.5 Å². The molecule has 10 heteroatoms. The van der Waals surface area contributed by atoms with Gasteiger partial charge in [0.2, 0.25) is 5.91 Å². The maximum atomic E-state index is 12.6. The lowest BCUT2D eigenvalue weighted by molar-refractivity contribution is -0.111. The molecule has 172 valence electrons. The molecule has 0 atom stereocenters. The van der Waals surface area contributed by atoms with E-state index in [1.165, 1.54) is 10.6 Å². The minimum Gasteiger partial charge on any atom is -0.489 e. The van der Waals surface area contributed by atoms with Crippen LogP contribution in [0.5, 0.6) is 5.75 Å². The number of hydrogen-bond donors (Lipinski definition) is 2. The summed E-state index contributed by atoms with van der Waals surface area (Å²) in [6.45, 7) is 5.17. The van der Waals surface area contributed by atoms with Gasteiger partial charge in [-0.25, -0.2) is 4.79 Å². The molecule has 1 aliphatic heterocycles. The Morgan fingerprint density at radius 1 is 1.25 bits per heavy atom. The number of aromatic nitrogens is 2. The van der Waals surface area contributed by atoms with Crippen LogP contribution in [0, 0.1) is 0 Å². The number of ether oxygens (including phenoxy) is 2. The van der Waals surface area contributed by atoms with Crippen LogP contribution in [0.1, 0.15) is 32.3 Å². The second-order valence-corrected chi connectivity index (χ2v) is 7.69. The summed E-state index contributed by atoms with van der Waals surface area (Å²) in [6, 6.07) is 5.22. The van der Waals surface area contributed by atoms with Crippen LogP contribution < -0.4 is 27.0 Å². The highest BCUT2D eigenvalue weighted by atomic mass is 35.5. The number of amides is 1. The lowest BCUT2D eigenvalue weighted by atomic mass is 10.1. The van der Waals surface area contributed by atoms with Crippen molar-refractivity contribution >= 4 is 35.1 Å². The number of nitrogen functional groups attached to an aromatic ring is 1. The monoisotopic (exact) mass is 462 g/mol. The van der Waals surface area contributed by atoms with Crippen molar-refractivity contribution in [2.75, 3.05) is 24.3 Å². The Hall–Kier alpha value is -3.04. The SMILES string of the molecule is CCn1c(N)c(NC(=O)/C=C/c2ccc(OC3CCOCC3)c(Cl)c2)c(=O)n(CC)c1=O. The van der Waals surface area contributed by atoms with Gasteiger partial charge in [0.1, 0.15) is 23.4 Å². The summed E-state index contributed by atoms with van der Waals surface area (Å²) in [7, 11) is 0. The van der Waals surface area contributed by atoms with Gasteiger partial charge in [0.15, 0.2) is 0 Å². The van der Waals surface area contributed by atoms with Crippen molar-refractivity contribution < 1.29 is 14.3 Å². The van der Waals surface area contributed by atoms with Gasteiger partial charge >= 0.3 is 5.69 Å². The number of carbonyl (C=O) groups excluding carboxylic acids is 1. The molecule has 0 saturated carbocycles. The molecule has 0 radical (unpaired) electrons. The predicted molar refractivity (Wildman–Crippen MR) is 124 cm³/mol. The van der Waals surface area contributed by atoms with Gasteiger partial charge < -0.3 is 20.5 Å². The number of nitrogens with zero attached hydrogens (tertiary/aromatic N) is 2. The molecule has 2 aromatic rings. The Bertz CT molecular complexity index is 1130. The van der Waals surface area contributed by atoms with Crippen molar-refractivity contribution in [3.05, 3.63) is 55.7 Å². The molecule has 0 unspecified atom stereocenters. The number of benzene rings is 1. The Morgan fingerprint density at radius 2 is 1.94 bits per heavy atom. The first-order valence-corrected chi connectivity index (χ1v) is 10.9. The molecule has 32 heavy (non-hydrogen) atoms. The zero-order valence-corrected chi connectivity index (χ0v) is 18.9. The number of halogens is 1. The lowest BCUT2D eigenvalue weighted by Gasteiger charge is -2.23. The molecule has 0 aliphatic carbocycles. The number of rotatable bonds is 7. The molecule has 1 amide bonds. The van der Waals surface area contributed by atoms with Gasteiger partial charge in [0, 0.05) is 32.0 Å². The fourth-order valence-corrected chi connectivity index (χ4v) is 3.68. The Balaban J connectivity index is 1.74. The van der Waals surface area contributed by atoms with Crippen LogP contribution in [0.15, 0.2) is 33.9 Å². The van der Waals surface area contributed by atoms with Crippen LogP contribution >= 0.6 is 11.6 Å². The molecule has 9 nitrogen and oxygen atoms in total. The van der Waals surface area contributed by atoms with Gasteiger partial charge in [0.25, 0.3) is 5.56 Å². The largest absolute Gasteiger partial charge is 0.489 e. The van der Waals surface area contributed by atoms with E-state index in [0.29, 0.717) is 29.5 Å². The minimum absolute atomic E-state index is 0.0671. The van der Waals surface area contributed by atoms with E-state index in [-0.39, 0.29) is 30.7 Å². The summed E-state index contributed by atoms with van der Waals surface area (Å²) in [5.74, 6) is -0.0575. The molecule has 1 fully saturated rings. The van der Waals surface area contributed by atoms with Crippen LogP contribution in [0.2, 0.25) is 5.02 Å². The second-order valence-electron chi connectivity index (χ2n) is 7.28. The first-order chi connectivity index (χ1) is 15.3. The maximum absolute atomic E-state index is 12.6. The van der Waals surface area contributed by atoms with Crippen LogP contribution in [-0.2, 0) is 22.6 Å². The van der Waals surface area contributed by atoms with Crippen molar-refractivity contribution in [1.29, 1.82) is 0 Å². The number of nitrogens with two attached hydrogens (primary N) is 1. The Labute approximate surface area is 190 Å². The van der Waals surface area contributed by atoms with Crippen molar-refractivity contribution in [3.8, 4) is 5.75 Å². The average molecular weight is 463 g/mol. The number of hydrogen-bond acceptors (Lipinski definition) is 6. The van der Waals surface area contributed by atoms with Crippen molar-refractivity contribution in [1.82, 2.24) is 9.13 Å². The summed E-state index contributed by atoms with van der Waals surface area (Å²) in [6.07, 6.45) is 4.52. The normalized spacial score (nSPS) is 14.6. The maximum Gasteiger partial charge on any atom is 0.332 e. The van der Waals surface area contributed by atoms with E-state index in [2.05, 4.69) is 5.32 Å². The van der Waals surface area contributed by atoms with Crippen LogP contribution in [0.3, 0.4) is 0 Å². The molecule has 0 spiro atoms. The molecular weight excluding hydrogens is 436 g/mol. The highest BCUT2D eigenvalue weighted by molar-refractivity contribution is 6.32. The van der Waals surface area contributed by atoms with Gasteiger partial charge in [-0.3, -0.25) is 18.7 Å². The van der Waals surface area contributed by atoms with Crippen LogP contribution in [0.25, 0.3) is 6.08 Å². The predicted octanol–water partition coefficient (Wildman–Crippen LogP) is 2.50. The van der Waals surface area contributed by atoms with E-state index < -0.39 is 17.2 Å². The summed E-state index contributed by atoms with van der Waals surface area (Å²) in [5.41, 5.74) is 5.37. The lowest BCUT2D eigenvalue weighted by Crippen LogP contribution is -2.42. The van der Waals surface area contributed by atoms with Crippen LogP contribution in [-0.4, -0.2) is 34.4 Å². The van der Waals surface area contributed by atoms with Crippen molar-refractivity contribution in [3.63, 3.8) is 0 Å².